The third kappa shape index (κ3) is 2.32. The second kappa shape index (κ2) is 5.08. The average Bonchev–Trinajstić information content (AvgIpc) is 2.83. The first kappa shape index (κ1) is 12.4. The molecule has 1 atom stereocenters. The smallest absolute Gasteiger partial charge is 0.132 e. The van der Waals surface area contributed by atoms with E-state index in [-0.39, 0.29) is 6.61 Å². The number of nitrogens with zero attached hydrogens (tertiary/aromatic N) is 3. The Kier molecular flexibility index (Phi) is 3.72. The van der Waals surface area contributed by atoms with Crippen molar-refractivity contribution < 1.29 is 5.11 Å². The number of aromatic nitrogens is 2. The van der Waals surface area contributed by atoms with Crippen molar-refractivity contribution in [2.75, 3.05) is 18.0 Å². The van der Waals surface area contributed by atoms with Gasteiger partial charge in [-0.05, 0) is 25.7 Å². The Morgan fingerprint density at radius 1 is 1.47 bits per heavy atom. The largest absolute Gasteiger partial charge is 0.391 e. The Morgan fingerprint density at radius 3 is 2.88 bits per heavy atom. The first-order chi connectivity index (χ1) is 8.17. The molecule has 1 N–H and O–H groups in total. The predicted molar refractivity (Wildman–Crippen MR) is 69.1 cm³/mol. The zero-order valence-corrected chi connectivity index (χ0v) is 11.1. The van der Waals surface area contributed by atoms with E-state index in [4.69, 9.17) is 0 Å². The van der Waals surface area contributed by atoms with Crippen LogP contribution in [0.5, 0.6) is 0 Å². The van der Waals surface area contributed by atoms with E-state index in [2.05, 4.69) is 16.9 Å². The van der Waals surface area contributed by atoms with Crippen LogP contribution in [0.2, 0.25) is 0 Å². The molecule has 96 valence electrons. The number of rotatable bonds is 4. The summed E-state index contributed by atoms with van der Waals surface area (Å²) in [6.07, 6.45) is 3.83. The molecule has 1 unspecified atom stereocenters. The molecule has 0 saturated carbocycles. The number of hydrogen-bond donors (Lipinski definition) is 1. The molecule has 0 aliphatic carbocycles. The summed E-state index contributed by atoms with van der Waals surface area (Å²) in [5, 5.41) is 13.9. The van der Waals surface area contributed by atoms with Crippen molar-refractivity contribution in [2.24, 2.45) is 13.0 Å². The van der Waals surface area contributed by atoms with Crippen molar-refractivity contribution in [1.82, 2.24) is 9.78 Å². The Labute approximate surface area is 103 Å². The fourth-order valence-corrected chi connectivity index (χ4v) is 2.94. The van der Waals surface area contributed by atoms with E-state index in [1.54, 1.807) is 0 Å². The summed E-state index contributed by atoms with van der Waals surface area (Å²) in [4.78, 5) is 2.38. The molecule has 0 radical (unpaired) electrons. The van der Waals surface area contributed by atoms with Crippen molar-refractivity contribution in [3.05, 3.63) is 11.3 Å². The fraction of sp³-hybridized carbons (Fsp3) is 0.769. The number of anilines is 1. The molecule has 1 aliphatic rings. The molecule has 2 rings (SSSR count). The zero-order valence-electron chi connectivity index (χ0n) is 11.1. The molecular formula is C13H23N3O. The summed E-state index contributed by atoms with van der Waals surface area (Å²) in [6, 6.07) is 0. The summed E-state index contributed by atoms with van der Waals surface area (Å²) in [5.41, 5.74) is 1.94. The van der Waals surface area contributed by atoms with Crippen LogP contribution >= 0.6 is 0 Å². The quantitative estimate of drug-likeness (QED) is 0.869. The topological polar surface area (TPSA) is 41.3 Å². The second-order valence-electron chi connectivity index (χ2n) is 5.06. The van der Waals surface area contributed by atoms with Crippen LogP contribution in [-0.4, -0.2) is 28.0 Å². The summed E-state index contributed by atoms with van der Waals surface area (Å²) in [5.74, 6) is 1.92. The van der Waals surface area contributed by atoms with Crippen LogP contribution in [0.25, 0.3) is 0 Å². The molecule has 0 bridgehead atoms. The fourth-order valence-electron chi connectivity index (χ4n) is 2.94. The molecule has 0 aromatic carbocycles. The molecule has 1 saturated heterocycles. The third-order valence-corrected chi connectivity index (χ3v) is 3.75. The van der Waals surface area contributed by atoms with Gasteiger partial charge in [-0.2, -0.15) is 5.10 Å². The number of aliphatic hydroxyl groups excluding tert-OH is 1. The van der Waals surface area contributed by atoms with Crippen LogP contribution < -0.4 is 4.90 Å². The van der Waals surface area contributed by atoms with Crippen LogP contribution in [-0.2, 0) is 13.7 Å². The van der Waals surface area contributed by atoms with Gasteiger partial charge in [0.05, 0.1) is 12.3 Å². The summed E-state index contributed by atoms with van der Waals surface area (Å²) in [6.45, 7) is 6.51. The van der Waals surface area contributed by atoms with E-state index in [1.165, 1.54) is 19.3 Å². The Hall–Kier alpha value is -1.03. The third-order valence-electron chi connectivity index (χ3n) is 3.75. The molecular weight excluding hydrogens is 214 g/mol. The van der Waals surface area contributed by atoms with E-state index in [1.807, 2.05) is 18.7 Å². The van der Waals surface area contributed by atoms with Gasteiger partial charge < -0.3 is 10.0 Å². The van der Waals surface area contributed by atoms with Gasteiger partial charge in [-0.1, -0.05) is 13.3 Å². The van der Waals surface area contributed by atoms with E-state index in [0.29, 0.717) is 0 Å². The monoisotopic (exact) mass is 237 g/mol. The Bertz CT molecular complexity index is 386. The number of hydrogen-bond acceptors (Lipinski definition) is 3. The van der Waals surface area contributed by atoms with Gasteiger partial charge in [0.2, 0.25) is 0 Å². The Morgan fingerprint density at radius 2 is 2.24 bits per heavy atom. The summed E-state index contributed by atoms with van der Waals surface area (Å²) in [7, 11) is 1.97. The molecule has 1 fully saturated rings. The minimum atomic E-state index is 0.0873. The molecule has 0 amide bonds. The van der Waals surface area contributed by atoms with Crippen LogP contribution in [0.1, 0.15) is 37.4 Å². The van der Waals surface area contributed by atoms with Crippen molar-refractivity contribution >= 4 is 5.82 Å². The Balaban J connectivity index is 2.18. The summed E-state index contributed by atoms with van der Waals surface area (Å²) >= 11 is 0. The van der Waals surface area contributed by atoms with Gasteiger partial charge in [0.25, 0.3) is 0 Å². The number of aliphatic hydroxyl groups is 1. The molecule has 0 spiro atoms. The molecule has 1 aromatic heterocycles. The predicted octanol–water partition coefficient (Wildman–Crippen LogP) is 1.85. The van der Waals surface area contributed by atoms with Gasteiger partial charge in [0, 0.05) is 25.7 Å². The minimum absolute atomic E-state index is 0.0873. The minimum Gasteiger partial charge on any atom is -0.391 e. The van der Waals surface area contributed by atoms with Crippen LogP contribution in [0.4, 0.5) is 5.82 Å². The van der Waals surface area contributed by atoms with E-state index in [9.17, 15) is 5.11 Å². The molecule has 4 nitrogen and oxygen atoms in total. The molecule has 4 heteroatoms. The van der Waals surface area contributed by atoms with Crippen molar-refractivity contribution in [3.63, 3.8) is 0 Å². The van der Waals surface area contributed by atoms with Gasteiger partial charge in [-0.25, -0.2) is 0 Å². The molecule has 2 heterocycles. The lowest BCUT2D eigenvalue weighted by atomic mass is 10.0. The maximum absolute atomic E-state index is 9.46. The number of aryl methyl sites for hydroxylation is 2. The lowest BCUT2D eigenvalue weighted by molar-refractivity contribution is 0.281. The van der Waals surface area contributed by atoms with E-state index >= 15 is 0 Å². The van der Waals surface area contributed by atoms with Gasteiger partial charge in [0.1, 0.15) is 5.82 Å². The van der Waals surface area contributed by atoms with E-state index < -0.39 is 0 Å². The van der Waals surface area contributed by atoms with E-state index in [0.717, 1.165) is 36.1 Å². The SMILES string of the molecule is CCCC1CCN(c2c(CO)c(C)nn2C)C1. The van der Waals surface area contributed by atoms with Crippen molar-refractivity contribution in [2.45, 2.75) is 39.7 Å². The normalized spacial score (nSPS) is 20.2. The first-order valence-electron chi connectivity index (χ1n) is 6.55. The van der Waals surface area contributed by atoms with Crippen LogP contribution in [0.15, 0.2) is 0 Å². The maximum Gasteiger partial charge on any atom is 0.132 e. The van der Waals surface area contributed by atoms with Gasteiger partial charge in [-0.3, -0.25) is 4.68 Å². The lowest BCUT2D eigenvalue weighted by Gasteiger charge is -2.20. The highest BCUT2D eigenvalue weighted by Gasteiger charge is 2.26. The maximum atomic E-state index is 9.46. The summed E-state index contributed by atoms with van der Waals surface area (Å²) < 4.78 is 1.91. The van der Waals surface area contributed by atoms with Gasteiger partial charge in [-0.15, -0.1) is 0 Å². The van der Waals surface area contributed by atoms with Crippen molar-refractivity contribution in [1.29, 1.82) is 0 Å². The van der Waals surface area contributed by atoms with Crippen LogP contribution in [0.3, 0.4) is 0 Å². The second-order valence-corrected chi connectivity index (χ2v) is 5.06. The highest BCUT2D eigenvalue weighted by atomic mass is 16.3. The zero-order chi connectivity index (χ0) is 12.4. The van der Waals surface area contributed by atoms with Gasteiger partial charge in [0.15, 0.2) is 0 Å². The first-order valence-corrected chi connectivity index (χ1v) is 6.55. The lowest BCUT2D eigenvalue weighted by Crippen LogP contribution is -2.23. The standard InChI is InChI=1S/C13H23N3O/c1-4-5-11-6-7-16(8-11)13-12(9-17)10(2)14-15(13)3/h11,17H,4-9H2,1-3H3. The average molecular weight is 237 g/mol. The highest BCUT2D eigenvalue weighted by Crippen LogP contribution is 2.30. The molecule has 1 aromatic rings. The van der Waals surface area contributed by atoms with Gasteiger partial charge >= 0.3 is 0 Å². The molecule has 17 heavy (non-hydrogen) atoms. The highest BCUT2D eigenvalue weighted by molar-refractivity contribution is 5.50. The molecule has 1 aliphatic heterocycles. The van der Waals surface area contributed by atoms with Crippen molar-refractivity contribution in [3.8, 4) is 0 Å². The van der Waals surface area contributed by atoms with Crippen LogP contribution in [0, 0.1) is 12.8 Å².